The van der Waals surface area contributed by atoms with Crippen molar-refractivity contribution in [1.82, 2.24) is 15.4 Å². The fourth-order valence-corrected chi connectivity index (χ4v) is 1.48. The molecule has 5 heteroatoms. The molecule has 62 valence electrons. The maximum atomic E-state index is 5.60. The van der Waals surface area contributed by atoms with Crippen molar-refractivity contribution in [2.24, 2.45) is 5.84 Å². The summed E-state index contributed by atoms with van der Waals surface area (Å²) in [6, 6.07) is 5.81. The molecule has 3 rings (SSSR count). The van der Waals surface area contributed by atoms with Crippen LogP contribution in [0.4, 0.5) is 5.82 Å². The maximum Gasteiger partial charge on any atom is 0.145 e. The van der Waals surface area contributed by atoms with E-state index >= 15 is 0 Å². The van der Waals surface area contributed by atoms with Gasteiger partial charge in [-0.05, 0) is 12.1 Å². The highest BCUT2D eigenvalue weighted by Crippen LogP contribution is 2.35. The minimum atomic E-state index is 0.319. The number of rotatable bonds is 1. The quantitative estimate of drug-likeness (QED) is 0.421. The van der Waals surface area contributed by atoms with Gasteiger partial charge in [0.05, 0.1) is 0 Å². The van der Waals surface area contributed by atoms with Crippen LogP contribution in [0.5, 0.6) is 0 Å². The Morgan fingerprint density at radius 2 is 2.42 bits per heavy atom. The molecule has 0 spiro atoms. The zero-order valence-electron chi connectivity index (χ0n) is 6.38. The topological polar surface area (TPSA) is 57.2 Å². The molecule has 2 aliphatic heterocycles. The summed E-state index contributed by atoms with van der Waals surface area (Å²) in [5.74, 6) is 6.52. The van der Waals surface area contributed by atoms with Gasteiger partial charge >= 0.3 is 0 Å². The molecule has 2 saturated heterocycles. The average Bonchev–Trinajstić information content (AvgIpc) is 2.53. The lowest BCUT2D eigenvalue weighted by molar-refractivity contribution is 0.496. The molecule has 1 unspecified atom stereocenters. The third-order valence-corrected chi connectivity index (χ3v) is 2.25. The van der Waals surface area contributed by atoms with Crippen LogP contribution in [-0.2, 0) is 0 Å². The van der Waals surface area contributed by atoms with E-state index in [1.165, 1.54) is 0 Å². The van der Waals surface area contributed by atoms with Crippen LogP contribution in [0.3, 0.4) is 0 Å². The van der Waals surface area contributed by atoms with Gasteiger partial charge in [0.15, 0.2) is 0 Å². The van der Waals surface area contributed by atoms with Gasteiger partial charge in [-0.3, -0.25) is 10.9 Å². The summed E-state index contributed by atoms with van der Waals surface area (Å²) in [5.41, 5.74) is 3.15. The fraction of sp³-hybridized carbons (Fsp3) is 0.286. The molecule has 0 amide bonds. The molecular weight excluding hydrogens is 154 g/mol. The second-order valence-electron chi connectivity index (χ2n) is 2.99. The molecule has 5 nitrogen and oxygen atoms in total. The van der Waals surface area contributed by atoms with Crippen molar-refractivity contribution in [1.29, 1.82) is 0 Å². The molecule has 2 aliphatic rings. The molecule has 0 bridgehead atoms. The van der Waals surface area contributed by atoms with Gasteiger partial charge in [-0.25, -0.2) is 10.4 Å². The van der Waals surface area contributed by atoms with Gasteiger partial charge in [-0.2, -0.15) is 5.01 Å². The SMILES string of the molecule is NN1[C@@H]2NN(c3ccccn3)[C@@H]21. The summed E-state index contributed by atoms with van der Waals surface area (Å²) in [7, 11) is 0. The van der Waals surface area contributed by atoms with Crippen molar-refractivity contribution in [2.45, 2.75) is 12.3 Å². The number of nitrogens with zero attached hydrogens (tertiary/aromatic N) is 3. The number of fused-ring (bicyclic) bond motifs is 1. The standard InChI is InChI=1S/C7H9N5/c8-11-6-7(11)12(10-6)5-3-1-2-4-9-5/h1-4,6-7,10H,8H2/t6-,7-,11?/m0/s1. The molecule has 0 aliphatic carbocycles. The van der Waals surface area contributed by atoms with Gasteiger partial charge in [0, 0.05) is 6.20 Å². The van der Waals surface area contributed by atoms with E-state index in [1.54, 1.807) is 11.2 Å². The van der Waals surface area contributed by atoms with Crippen LogP contribution >= 0.6 is 0 Å². The molecule has 3 N–H and O–H groups in total. The lowest BCUT2D eigenvalue weighted by Gasteiger charge is -2.29. The molecule has 1 aromatic heterocycles. The molecule has 0 radical (unpaired) electrons. The summed E-state index contributed by atoms with van der Waals surface area (Å²) < 4.78 is 0. The summed E-state index contributed by atoms with van der Waals surface area (Å²) in [4.78, 5) is 4.19. The Morgan fingerprint density at radius 1 is 1.50 bits per heavy atom. The number of hydrazine groups is 2. The lowest BCUT2D eigenvalue weighted by atomic mass is 10.4. The van der Waals surface area contributed by atoms with Crippen molar-refractivity contribution in [2.75, 3.05) is 5.01 Å². The molecule has 2 fully saturated rings. The van der Waals surface area contributed by atoms with Crippen LogP contribution in [-0.4, -0.2) is 22.3 Å². The minimum absolute atomic E-state index is 0.319. The third-order valence-electron chi connectivity index (χ3n) is 2.25. The van der Waals surface area contributed by atoms with Crippen molar-refractivity contribution in [3.05, 3.63) is 24.4 Å². The van der Waals surface area contributed by atoms with Crippen LogP contribution in [0.2, 0.25) is 0 Å². The number of hydrogen-bond acceptors (Lipinski definition) is 5. The summed E-state index contributed by atoms with van der Waals surface area (Å²) in [5, 5.41) is 3.72. The number of hydrogen-bond donors (Lipinski definition) is 2. The van der Waals surface area contributed by atoms with Gasteiger partial charge in [-0.15, -0.1) is 0 Å². The van der Waals surface area contributed by atoms with Crippen molar-refractivity contribution in [3.8, 4) is 0 Å². The number of nitrogens with two attached hydrogens (primary N) is 1. The van der Waals surface area contributed by atoms with Crippen LogP contribution in [0.1, 0.15) is 0 Å². The predicted molar refractivity (Wildman–Crippen MR) is 43.5 cm³/mol. The van der Waals surface area contributed by atoms with E-state index in [4.69, 9.17) is 5.84 Å². The van der Waals surface area contributed by atoms with E-state index in [0.29, 0.717) is 12.3 Å². The Hall–Kier alpha value is -1.17. The van der Waals surface area contributed by atoms with Crippen molar-refractivity contribution >= 4 is 5.82 Å². The molecular formula is C7H9N5. The summed E-state index contributed by atoms with van der Waals surface area (Å²) in [6.07, 6.45) is 2.43. The Balaban J connectivity index is 1.84. The number of aromatic nitrogens is 1. The van der Waals surface area contributed by atoms with E-state index in [9.17, 15) is 0 Å². The zero-order valence-corrected chi connectivity index (χ0v) is 6.38. The van der Waals surface area contributed by atoms with Gasteiger partial charge in [-0.1, -0.05) is 6.07 Å². The van der Waals surface area contributed by atoms with Crippen molar-refractivity contribution < 1.29 is 0 Å². The van der Waals surface area contributed by atoms with E-state index in [-0.39, 0.29) is 0 Å². The summed E-state index contributed by atoms with van der Waals surface area (Å²) >= 11 is 0. The number of pyridine rings is 1. The zero-order chi connectivity index (χ0) is 8.13. The second-order valence-corrected chi connectivity index (χ2v) is 2.99. The Bertz CT molecular complexity index is 296. The van der Waals surface area contributed by atoms with E-state index in [0.717, 1.165) is 5.82 Å². The molecule has 0 saturated carbocycles. The third kappa shape index (κ3) is 0.651. The first-order valence-corrected chi connectivity index (χ1v) is 3.87. The predicted octanol–water partition coefficient (Wildman–Crippen LogP) is -0.752. The first-order chi connectivity index (χ1) is 5.88. The lowest BCUT2D eigenvalue weighted by Crippen LogP contribution is -2.54. The average molecular weight is 163 g/mol. The van der Waals surface area contributed by atoms with Gasteiger partial charge < -0.3 is 0 Å². The summed E-state index contributed by atoms with van der Waals surface area (Å²) in [6.45, 7) is 0. The molecule has 3 atom stereocenters. The Labute approximate surface area is 69.7 Å². The highest BCUT2D eigenvalue weighted by Gasteiger charge is 2.60. The minimum Gasteiger partial charge on any atom is -0.268 e. The van der Waals surface area contributed by atoms with Gasteiger partial charge in [0.2, 0.25) is 0 Å². The number of anilines is 1. The van der Waals surface area contributed by atoms with Crippen LogP contribution in [0.15, 0.2) is 24.4 Å². The molecule has 0 aromatic carbocycles. The second kappa shape index (κ2) is 1.95. The largest absolute Gasteiger partial charge is 0.268 e. The van der Waals surface area contributed by atoms with E-state index in [2.05, 4.69) is 10.4 Å². The molecule has 3 heterocycles. The van der Waals surface area contributed by atoms with E-state index < -0.39 is 0 Å². The van der Waals surface area contributed by atoms with Crippen LogP contribution < -0.4 is 16.3 Å². The first-order valence-electron chi connectivity index (χ1n) is 3.87. The van der Waals surface area contributed by atoms with E-state index in [1.807, 2.05) is 23.2 Å². The van der Waals surface area contributed by atoms with Gasteiger partial charge in [0.1, 0.15) is 18.1 Å². The normalized spacial score (nSPS) is 37.1. The van der Waals surface area contributed by atoms with Crippen LogP contribution in [0, 0.1) is 0 Å². The molecule has 1 aromatic rings. The monoisotopic (exact) mass is 163 g/mol. The Kier molecular flexibility index (Phi) is 1.03. The fourth-order valence-electron chi connectivity index (χ4n) is 1.48. The highest BCUT2D eigenvalue weighted by molar-refractivity contribution is 5.44. The van der Waals surface area contributed by atoms with Crippen LogP contribution in [0.25, 0.3) is 0 Å². The van der Waals surface area contributed by atoms with Crippen molar-refractivity contribution in [3.63, 3.8) is 0 Å². The highest BCUT2D eigenvalue weighted by atomic mass is 15.9. The maximum absolute atomic E-state index is 5.60. The smallest absolute Gasteiger partial charge is 0.145 e. The number of nitrogens with one attached hydrogen (secondary N) is 1. The molecule has 12 heavy (non-hydrogen) atoms. The first kappa shape index (κ1) is 6.36. The Morgan fingerprint density at radius 3 is 2.92 bits per heavy atom. The van der Waals surface area contributed by atoms with Gasteiger partial charge in [0.25, 0.3) is 0 Å².